The fraction of sp³-hybridized carbons (Fsp3) is 0.286. The molecule has 0 bridgehead atoms. The second-order valence-corrected chi connectivity index (χ2v) is 4.18. The zero-order chi connectivity index (χ0) is 13.7. The van der Waals surface area contributed by atoms with Gasteiger partial charge in [-0.3, -0.25) is 15.8 Å². The molecule has 2 aromatic rings. The smallest absolute Gasteiger partial charge is 0.119 e. The lowest BCUT2D eigenvalue weighted by Gasteiger charge is -2.16. The van der Waals surface area contributed by atoms with Gasteiger partial charge in [0.2, 0.25) is 0 Å². The van der Waals surface area contributed by atoms with Crippen molar-refractivity contribution in [2.45, 2.75) is 19.9 Å². The average Bonchev–Trinajstić information content (AvgIpc) is 2.44. The zero-order valence-electron chi connectivity index (χ0n) is 11.1. The number of aromatic nitrogens is 2. The van der Waals surface area contributed by atoms with Gasteiger partial charge in [0.15, 0.2) is 0 Å². The molecule has 0 saturated carbocycles. The van der Waals surface area contributed by atoms with Gasteiger partial charge in [-0.15, -0.1) is 0 Å². The molecular formula is C14H18N4O. The molecule has 1 atom stereocenters. The van der Waals surface area contributed by atoms with Crippen molar-refractivity contribution < 1.29 is 4.74 Å². The van der Waals surface area contributed by atoms with Crippen molar-refractivity contribution in [2.24, 2.45) is 5.84 Å². The first kappa shape index (κ1) is 13.5. The van der Waals surface area contributed by atoms with Gasteiger partial charge in [0.1, 0.15) is 5.75 Å². The highest BCUT2D eigenvalue weighted by Crippen LogP contribution is 2.21. The predicted molar refractivity (Wildman–Crippen MR) is 73.5 cm³/mol. The first-order valence-corrected chi connectivity index (χ1v) is 6.22. The van der Waals surface area contributed by atoms with Crippen molar-refractivity contribution in [2.75, 3.05) is 6.61 Å². The average molecular weight is 258 g/mol. The first-order chi connectivity index (χ1) is 9.24. The molecule has 0 aliphatic heterocycles. The molecule has 0 fully saturated rings. The van der Waals surface area contributed by atoms with Crippen molar-refractivity contribution in [3.05, 3.63) is 53.6 Å². The number of rotatable bonds is 5. The summed E-state index contributed by atoms with van der Waals surface area (Å²) in [5, 5.41) is 0. The molecule has 1 heterocycles. The summed E-state index contributed by atoms with van der Waals surface area (Å²) < 4.78 is 5.42. The molecule has 1 aromatic heterocycles. The van der Waals surface area contributed by atoms with Crippen molar-refractivity contribution in [1.29, 1.82) is 0 Å². The summed E-state index contributed by atoms with van der Waals surface area (Å²) in [6.07, 6.45) is 3.46. The lowest BCUT2D eigenvalue weighted by molar-refractivity contribution is 0.340. The minimum Gasteiger partial charge on any atom is -0.494 e. The molecule has 19 heavy (non-hydrogen) atoms. The number of benzene rings is 1. The summed E-state index contributed by atoms with van der Waals surface area (Å²) in [5.74, 6) is 6.47. The molecule has 0 spiro atoms. The molecule has 3 N–H and O–H groups in total. The van der Waals surface area contributed by atoms with Crippen LogP contribution in [0.25, 0.3) is 0 Å². The highest BCUT2D eigenvalue weighted by molar-refractivity contribution is 5.32. The lowest BCUT2D eigenvalue weighted by atomic mass is 10.0. The Labute approximate surface area is 112 Å². The van der Waals surface area contributed by atoms with E-state index in [1.165, 1.54) is 0 Å². The van der Waals surface area contributed by atoms with E-state index >= 15 is 0 Å². The fourth-order valence-corrected chi connectivity index (χ4v) is 1.83. The highest BCUT2D eigenvalue weighted by Gasteiger charge is 2.14. The third-order valence-corrected chi connectivity index (χ3v) is 2.79. The van der Waals surface area contributed by atoms with Crippen molar-refractivity contribution in [3.8, 4) is 5.75 Å². The third kappa shape index (κ3) is 3.27. The largest absolute Gasteiger partial charge is 0.494 e. The van der Waals surface area contributed by atoms with Gasteiger partial charge in [-0.05, 0) is 31.5 Å². The van der Waals surface area contributed by atoms with Crippen LogP contribution in [0.1, 0.15) is 29.9 Å². The summed E-state index contributed by atoms with van der Waals surface area (Å²) in [7, 11) is 0. The van der Waals surface area contributed by atoms with Crippen molar-refractivity contribution in [1.82, 2.24) is 15.4 Å². The van der Waals surface area contributed by atoms with Crippen molar-refractivity contribution >= 4 is 0 Å². The normalized spacial score (nSPS) is 12.2. The van der Waals surface area contributed by atoms with Crippen LogP contribution >= 0.6 is 0 Å². The summed E-state index contributed by atoms with van der Waals surface area (Å²) in [4.78, 5) is 8.59. The van der Waals surface area contributed by atoms with Gasteiger partial charge in [0, 0.05) is 6.20 Å². The number of hydrazine groups is 1. The summed E-state index contributed by atoms with van der Waals surface area (Å²) in [5.41, 5.74) is 5.45. The van der Waals surface area contributed by atoms with E-state index in [1.807, 2.05) is 38.1 Å². The van der Waals surface area contributed by atoms with Crippen LogP contribution < -0.4 is 16.0 Å². The van der Waals surface area contributed by atoms with E-state index in [1.54, 1.807) is 12.4 Å². The van der Waals surface area contributed by atoms with Crippen LogP contribution in [0, 0.1) is 6.92 Å². The van der Waals surface area contributed by atoms with Gasteiger partial charge in [-0.25, -0.2) is 5.43 Å². The predicted octanol–water partition coefficient (Wildman–Crippen LogP) is 1.74. The Hall–Kier alpha value is -1.98. The molecule has 0 saturated heterocycles. The standard InChI is InChI=1S/C14H18N4O/c1-3-19-12-6-4-11(5-7-12)14(18-15)13-9-16-10(2)8-17-13/h4-9,14,18H,3,15H2,1-2H3. The molecule has 0 aliphatic rings. The van der Waals surface area contributed by atoms with E-state index in [-0.39, 0.29) is 6.04 Å². The Balaban J connectivity index is 2.23. The Morgan fingerprint density at radius 1 is 1.21 bits per heavy atom. The summed E-state index contributed by atoms with van der Waals surface area (Å²) >= 11 is 0. The number of nitrogens with two attached hydrogens (primary N) is 1. The fourth-order valence-electron chi connectivity index (χ4n) is 1.83. The minimum atomic E-state index is -0.177. The van der Waals surface area contributed by atoms with E-state index in [0.29, 0.717) is 6.61 Å². The van der Waals surface area contributed by atoms with Crippen LogP contribution in [0.2, 0.25) is 0 Å². The number of hydrogen-bond acceptors (Lipinski definition) is 5. The highest BCUT2D eigenvalue weighted by atomic mass is 16.5. The van der Waals surface area contributed by atoms with Gasteiger partial charge in [0.25, 0.3) is 0 Å². The molecular weight excluding hydrogens is 240 g/mol. The van der Waals surface area contributed by atoms with E-state index in [2.05, 4.69) is 15.4 Å². The number of nitrogens with one attached hydrogen (secondary N) is 1. The topological polar surface area (TPSA) is 73.1 Å². The van der Waals surface area contributed by atoms with Crippen LogP contribution in [0.5, 0.6) is 5.75 Å². The molecule has 0 aliphatic carbocycles. The maximum atomic E-state index is 5.62. The molecule has 2 rings (SSSR count). The van der Waals surface area contributed by atoms with E-state index in [0.717, 1.165) is 22.7 Å². The van der Waals surface area contributed by atoms with E-state index in [9.17, 15) is 0 Å². The number of hydrogen-bond donors (Lipinski definition) is 2. The Morgan fingerprint density at radius 2 is 1.95 bits per heavy atom. The van der Waals surface area contributed by atoms with Gasteiger partial charge in [0.05, 0.1) is 30.2 Å². The number of nitrogens with zero attached hydrogens (tertiary/aromatic N) is 2. The van der Waals surface area contributed by atoms with Gasteiger partial charge in [-0.2, -0.15) is 0 Å². The van der Waals surface area contributed by atoms with Crippen LogP contribution in [0.3, 0.4) is 0 Å². The molecule has 1 unspecified atom stereocenters. The number of ether oxygens (including phenoxy) is 1. The second-order valence-electron chi connectivity index (χ2n) is 4.18. The first-order valence-electron chi connectivity index (χ1n) is 6.22. The molecule has 100 valence electrons. The zero-order valence-corrected chi connectivity index (χ0v) is 11.1. The molecule has 0 radical (unpaired) electrons. The van der Waals surface area contributed by atoms with E-state index in [4.69, 9.17) is 10.6 Å². The second kappa shape index (κ2) is 6.26. The number of aryl methyl sites for hydroxylation is 1. The lowest BCUT2D eigenvalue weighted by Crippen LogP contribution is -2.29. The molecule has 5 nitrogen and oxygen atoms in total. The Bertz CT molecular complexity index is 510. The molecule has 0 amide bonds. The monoisotopic (exact) mass is 258 g/mol. The van der Waals surface area contributed by atoms with Crippen LogP contribution in [0.15, 0.2) is 36.7 Å². The SMILES string of the molecule is CCOc1ccc(C(NN)c2cnc(C)cn2)cc1. The molecule has 1 aromatic carbocycles. The Kier molecular flexibility index (Phi) is 4.43. The van der Waals surface area contributed by atoms with Gasteiger partial charge in [-0.1, -0.05) is 12.1 Å². The summed E-state index contributed by atoms with van der Waals surface area (Å²) in [6.45, 7) is 4.51. The van der Waals surface area contributed by atoms with Gasteiger partial charge >= 0.3 is 0 Å². The van der Waals surface area contributed by atoms with Gasteiger partial charge < -0.3 is 4.74 Å². The van der Waals surface area contributed by atoms with Crippen molar-refractivity contribution in [3.63, 3.8) is 0 Å². The van der Waals surface area contributed by atoms with E-state index < -0.39 is 0 Å². The van der Waals surface area contributed by atoms with Crippen LogP contribution in [-0.4, -0.2) is 16.6 Å². The maximum Gasteiger partial charge on any atom is 0.119 e. The van der Waals surface area contributed by atoms with Crippen LogP contribution in [-0.2, 0) is 0 Å². The third-order valence-electron chi connectivity index (χ3n) is 2.79. The quantitative estimate of drug-likeness (QED) is 0.631. The Morgan fingerprint density at radius 3 is 2.47 bits per heavy atom. The minimum absolute atomic E-state index is 0.177. The summed E-state index contributed by atoms with van der Waals surface area (Å²) in [6, 6.07) is 7.60. The van der Waals surface area contributed by atoms with Crippen LogP contribution in [0.4, 0.5) is 0 Å². The maximum absolute atomic E-state index is 5.62. The molecule has 5 heteroatoms.